The molecule has 0 fully saturated rings. The highest BCUT2D eigenvalue weighted by atomic mass is 16.3. The molecule has 1 aromatic rings. The SMILES string of the molecule is CC(C)=CCC/C(C)=C/CC/C(C)=C\CC/C(C)=C\CCc1ccoc1. The molecule has 1 heteroatoms. The van der Waals surface area contributed by atoms with E-state index in [9.17, 15) is 0 Å². The summed E-state index contributed by atoms with van der Waals surface area (Å²) in [6, 6.07) is 2.05. The molecular formula is C25H38O. The molecule has 0 radical (unpaired) electrons. The lowest BCUT2D eigenvalue weighted by atomic mass is 10.0. The fourth-order valence-electron chi connectivity index (χ4n) is 2.91. The Bertz CT molecular complexity index is 605. The summed E-state index contributed by atoms with van der Waals surface area (Å²) in [5, 5.41) is 0. The summed E-state index contributed by atoms with van der Waals surface area (Å²) in [6.07, 6.45) is 22.3. The molecule has 0 aliphatic rings. The molecule has 0 saturated carbocycles. The lowest BCUT2D eigenvalue weighted by Crippen LogP contribution is -1.83. The summed E-state index contributed by atoms with van der Waals surface area (Å²) in [7, 11) is 0. The summed E-state index contributed by atoms with van der Waals surface area (Å²) in [6.45, 7) is 11.1. The van der Waals surface area contributed by atoms with E-state index < -0.39 is 0 Å². The van der Waals surface area contributed by atoms with E-state index in [4.69, 9.17) is 4.42 Å². The second-order valence-electron chi connectivity index (χ2n) is 7.72. The summed E-state index contributed by atoms with van der Waals surface area (Å²) < 4.78 is 5.10. The second kappa shape index (κ2) is 13.4. The molecule has 0 N–H and O–H groups in total. The Morgan fingerprint density at radius 3 is 1.69 bits per heavy atom. The highest BCUT2D eigenvalue weighted by molar-refractivity contribution is 5.09. The molecule has 1 nitrogen and oxygen atoms in total. The van der Waals surface area contributed by atoms with Crippen LogP contribution in [0.2, 0.25) is 0 Å². The Labute approximate surface area is 161 Å². The largest absolute Gasteiger partial charge is 0.472 e. The Morgan fingerprint density at radius 1 is 0.731 bits per heavy atom. The van der Waals surface area contributed by atoms with E-state index in [1.54, 1.807) is 6.26 Å². The molecule has 0 aliphatic heterocycles. The van der Waals surface area contributed by atoms with Crippen LogP contribution in [0.5, 0.6) is 0 Å². The zero-order chi connectivity index (χ0) is 19.2. The molecule has 1 aromatic heterocycles. The first-order valence-electron chi connectivity index (χ1n) is 10.1. The maximum Gasteiger partial charge on any atom is 0.0934 e. The standard InChI is InChI=1S/C25H38O/c1-21(2)10-6-11-22(3)12-7-13-23(4)14-8-15-24(5)16-9-17-25-18-19-26-20-25/h10,12,14,16,18-20H,6-9,11,13,15,17H2,1-5H3/b22-12+,23-14-,24-16-. The second-order valence-corrected chi connectivity index (χ2v) is 7.72. The smallest absolute Gasteiger partial charge is 0.0934 e. The van der Waals surface area contributed by atoms with Crippen molar-refractivity contribution < 1.29 is 4.42 Å². The van der Waals surface area contributed by atoms with Gasteiger partial charge in [0.05, 0.1) is 12.5 Å². The number of furan rings is 1. The normalized spacial score (nSPS) is 13.2. The van der Waals surface area contributed by atoms with Crippen LogP contribution in [0.4, 0.5) is 0 Å². The summed E-state index contributed by atoms with van der Waals surface area (Å²) in [4.78, 5) is 0. The summed E-state index contributed by atoms with van der Waals surface area (Å²) in [5.74, 6) is 0. The van der Waals surface area contributed by atoms with Crippen molar-refractivity contribution in [3.8, 4) is 0 Å². The molecule has 1 rings (SSSR count). The topological polar surface area (TPSA) is 13.1 Å². The van der Waals surface area contributed by atoms with Crippen LogP contribution in [-0.2, 0) is 6.42 Å². The first kappa shape index (κ1) is 22.3. The summed E-state index contributed by atoms with van der Waals surface area (Å²) in [5.41, 5.74) is 7.24. The van der Waals surface area contributed by atoms with Gasteiger partial charge in [0, 0.05) is 0 Å². The van der Waals surface area contributed by atoms with Crippen molar-refractivity contribution in [2.75, 3.05) is 0 Å². The zero-order valence-corrected chi connectivity index (χ0v) is 17.6. The third-order valence-corrected chi connectivity index (χ3v) is 4.66. The predicted molar refractivity (Wildman–Crippen MR) is 115 cm³/mol. The van der Waals surface area contributed by atoms with Gasteiger partial charge < -0.3 is 4.42 Å². The highest BCUT2D eigenvalue weighted by Gasteiger charge is 1.95. The lowest BCUT2D eigenvalue weighted by Gasteiger charge is -2.03. The number of aryl methyl sites for hydroxylation is 1. The van der Waals surface area contributed by atoms with Crippen LogP contribution in [-0.4, -0.2) is 0 Å². The number of rotatable bonds is 12. The predicted octanol–water partition coefficient (Wildman–Crippen LogP) is 8.36. The van der Waals surface area contributed by atoms with Gasteiger partial charge >= 0.3 is 0 Å². The van der Waals surface area contributed by atoms with Crippen molar-refractivity contribution in [3.63, 3.8) is 0 Å². The van der Waals surface area contributed by atoms with E-state index in [1.807, 2.05) is 12.3 Å². The third kappa shape index (κ3) is 11.7. The molecule has 0 saturated heterocycles. The van der Waals surface area contributed by atoms with Crippen molar-refractivity contribution in [2.45, 2.75) is 86.0 Å². The molecule has 1 heterocycles. The monoisotopic (exact) mass is 354 g/mol. The van der Waals surface area contributed by atoms with Gasteiger partial charge in [0.25, 0.3) is 0 Å². The van der Waals surface area contributed by atoms with Gasteiger partial charge in [0.1, 0.15) is 0 Å². The third-order valence-electron chi connectivity index (χ3n) is 4.66. The van der Waals surface area contributed by atoms with Crippen molar-refractivity contribution in [3.05, 3.63) is 70.8 Å². The van der Waals surface area contributed by atoms with E-state index in [2.05, 4.69) is 58.9 Å². The van der Waals surface area contributed by atoms with Crippen molar-refractivity contribution in [1.29, 1.82) is 0 Å². The van der Waals surface area contributed by atoms with Gasteiger partial charge in [0.2, 0.25) is 0 Å². The van der Waals surface area contributed by atoms with E-state index in [0.29, 0.717) is 0 Å². The first-order valence-corrected chi connectivity index (χ1v) is 10.1. The highest BCUT2D eigenvalue weighted by Crippen LogP contribution is 2.14. The fraction of sp³-hybridized carbons (Fsp3) is 0.520. The van der Waals surface area contributed by atoms with E-state index in [-0.39, 0.29) is 0 Å². The lowest BCUT2D eigenvalue weighted by molar-refractivity contribution is 0.564. The molecular weight excluding hydrogens is 316 g/mol. The van der Waals surface area contributed by atoms with Gasteiger partial charge in [0.15, 0.2) is 0 Å². The van der Waals surface area contributed by atoms with Gasteiger partial charge in [-0.3, -0.25) is 0 Å². The zero-order valence-electron chi connectivity index (χ0n) is 17.6. The van der Waals surface area contributed by atoms with Crippen LogP contribution in [0.15, 0.2) is 69.6 Å². The van der Waals surface area contributed by atoms with Crippen molar-refractivity contribution in [2.24, 2.45) is 0 Å². The van der Waals surface area contributed by atoms with Gasteiger partial charge in [-0.1, -0.05) is 46.6 Å². The number of hydrogen-bond acceptors (Lipinski definition) is 1. The number of hydrogen-bond donors (Lipinski definition) is 0. The van der Waals surface area contributed by atoms with Gasteiger partial charge in [-0.05, 0) is 97.6 Å². The minimum atomic E-state index is 1.07. The molecule has 0 aliphatic carbocycles. The summed E-state index contributed by atoms with van der Waals surface area (Å²) >= 11 is 0. The van der Waals surface area contributed by atoms with E-state index in [0.717, 1.165) is 19.3 Å². The Balaban J connectivity index is 2.18. The van der Waals surface area contributed by atoms with Gasteiger partial charge in [-0.15, -0.1) is 0 Å². The molecule has 0 unspecified atom stereocenters. The van der Waals surface area contributed by atoms with E-state index in [1.165, 1.54) is 60.0 Å². The average molecular weight is 355 g/mol. The molecule has 144 valence electrons. The van der Waals surface area contributed by atoms with Crippen LogP contribution < -0.4 is 0 Å². The van der Waals surface area contributed by atoms with Crippen molar-refractivity contribution >= 4 is 0 Å². The molecule has 0 spiro atoms. The minimum absolute atomic E-state index is 1.07. The molecule has 26 heavy (non-hydrogen) atoms. The number of allylic oxidation sites excluding steroid dienone is 8. The Kier molecular flexibility index (Phi) is 11.5. The van der Waals surface area contributed by atoms with Crippen LogP contribution in [0.25, 0.3) is 0 Å². The average Bonchev–Trinajstić information content (AvgIpc) is 3.08. The van der Waals surface area contributed by atoms with Crippen LogP contribution in [0.3, 0.4) is 0 Å². The maximum atomic E-state index is 5.10. The van der Waals surface area contributed by atoms with Crippen LogP contribution in [0.1, 0.15) is 85.1 Å². The quantitative estimate of drug-likeness (QED) is 0.344. The minimum Gasteiger partial charge on any atom is -0.472 e. The van der Waals surface area contributed by atoms with Gasteiger partial charge in [-0.25, -0.2) is 0 Å². The molecule has 0 atom stereocenters. The Hall–Kier alpha value is -1.76. The first-order chi connectivity index (χ1) is 12.5. The maximum absolute atomic E-state index is 5.10. The van der Waals surface area contributed by atoms with Crippen molar-refractivity contribution in [1.82, 2.24) is 0 Å². The fourth-order valence-corrected chi connectivity index (χ4v) is 2.91. The molecule has 0 amide bonds. The van der Waals surface area contributed by atoms with E-state index >= 15 is 0 Å². The Morgan fingerprint density at radius 2 is 1.23 bits per heavy atom. The molecule has 0 bridgehead atoms. The van der Waals surface area contributed by atoms with Gasteiger partial charge in [-0.2, -0.15) is 0 Å². The van der Waals surface area contributed by atoms with Crippen LogP contribution in [0, 0.1) is 0 Å². The molecule has 0 aromatic carbocycles. The van der Waals surface area contributed by atoms with Crippen LogP contribution >= 0.6 is 0 Å².